The van der Waals surface area contributed by atoms with Crippen molar-refractivity contribution >= 4 is 0 Å². The molecule has 1 heterocycles. The number of methoxy groups -OCH3 is 3. The van der Waals surface area contributed by atoms with Gasteiger partial charge in [-0.15, -0.1) is 0 Å². The van der Waals surface area contributed by atoms with Crippen molar-refractivity contribution in [1.82, 2.24) is 0 Å². The van der Waals surface area contributed by atoms with Crippen LogP contribution in [0.3, 0.4) is 0 Å². The molecule has 0 spiro atoms. The maximum Gasteiger partial charge on any atom is 0.203 e. The van der Waals surface area contributed by atoms with Gasteiger partial charge in [-0.2, -0.15) is 0 Å². The van der Waals surface area contributed by atoms with Gasteiger partial charge < -0.3 is 24.1 Å². The Hall–Kier alpha value is -1.46. The topological polar surface area (TPSA) is 57.2 Å². The normalized spacial score (nSPS) is 17.3. The zero-order valence-electron chi connectivity index (χ0n) is 12.9. The summed E-state index contributed by atoms with van der Waals surface area (Å²) in [6.45, 7) is 1.57. The van der Waals surface area contributed by atoms with Gasteiger partial charge in [0, 0.05) is 13.2 Å². The molecular formula is C16H24O5. The second-order valence-corrected chi connectivity index (χ2v) is 5.27. The maximum absolute atomic E-state index is 10.5. The summed E-state index contributed by atoms with van der Waals surface area (Å²) in [4.78, 5) is 0. The van der Waals surface area contributed by atoms with Gasteiger partial charge in [0.15, 0.2) is 11.5 Å². The van der Waals surface area contributed by atoms with Gasteiger partial charge in [0.2, 0.25) is 5.75 Å². The van der Waals surface area contributed by atoms with E-state index in [4.69, 9.17) is 18.9 Å². The first kappa shape index (κ1) is 15.9. The Kier molecular flexibility index (Phi) is 5.70. The van der Waals surface area contributed by atoms with E-state index in [9.17, 15) is 5.11 Å². The highest BCUT2D eigenvalue weighted by Gasteiger charge is 2.22. The Morgan fingerprint density at radius 3 is 2.14 bits per heavy atom. The average Bonchev–Trinajstić information content (AvgIpc) is 2.54. The van der Waals surface area contributed by atoms with Crippen molar-refractivity contribution in [1.29, 1.82) is 0 Å². The third kappa shape index (κ3) is 3.80. The molecule has 0 aliphatic carbocycles. The summed E-state index contributed by atoms with van der Waals surface area (Å²) in [5.41, 5.74) is 0.788. The summed E-state index contributed by atoms with van der Waals surface area (Å²) < 4.78 is 21.3. The number of aliphatic hydroxyl groups excluding tert-OH is 1. The number of ether oxygens (including phenoxy) is 4. The maximum atomic E-state index is 10.5. The number of hydrogen-bond acceptors (Lipinski definition) is 5. The van der Waals surface area contributed by atoms with Gasteiger partial charge >= 0.3 is 0 Å². The first-order valence-electron chi connectivity index (χ1n) is 7.25. The minimum absolute atomic E-state index is 0.493. The minimum atomic E-state index is -0.540. The largest absolute Gasteiger partial charge is 0.493 e. The Labute approximate surface area is 125 Å². The third-order valence-corrected chi connectivity index (χ3v) is 3.97. The molecule has 1 aliphatic rings. The van der Waals surface area contributed by atoms with E-state index in [1.807, 2.05) is 12.1 Å². The number of aliphatic hydroxyl groups is 1. The van der Waals surface area contributed by atoms with E-state index in [0.29, 0.717) is 23.2 Å². The van der Waals surface area contributed by atoms with Crippen molar-refractivity contribution in [3.8, 4) is 17.2 Å². The van der Waals surface area contributed by atoms with Crippen molar-refractivity contribution < 1.29 is 24.1 Å². The first-order chi connectivity index (χ1) is 10.2. The SMILES string of the molecule is COc1cc(C(O)CC2CCOCC2)cc(OC)c1OC. The van der Waals surface area contributed by atoms with Crippen molar-refractivity contribution in [3.63, 3.8) is 0 Å². The van der Waals surface area contributed by atoms with Crippen LogP contribution < -0.4 is 14.2 Å². The van der Waals surface area contributed by atoms with Crippen molar-refractivity contribution in [2.45, 2.75) is 25.4 Å². The lowest BCUT2D eigenvalue weighted by Crippen LogP contribution is -2.18. The van der Waals surface area contributed by atoms with E-state index in [0.717, 1.165) is 38.0 Å². The molecule has 1 fully saturated rings. The Morgan fingerprint density at radius 2 is 1.67 bits per heavy atom. The fraction of sp³-hybridized carbons (Fsp3) is 0.625. The zero-order chi connectivity index (χ0) is 15.2. The average molecular weight is 296 g/mol. The predicted octanol–water partition coefficient (Wildman–Crippen LogP) is 2.56. The van der Waals surface area contributed by atoms with Gasteiger partial charge in [-0.25, -0.2) is 0 Å². The molecule has 21 heavy (non-hydrogen) atoms. The highest BCUT2D eigenvalue weighted by atomic mass is 16.5. The van der Waals surface area contributed by atoms with E-state index >= 15 is 0 Å². The van der Waals surface area contributed by atoms with E-state index in [-0.39, 0.29) is 0 Å². The van der Waals surface area contributed by atoms with Crippen molar-refractivity contribution in [3.05, 3.63) is 17.7 Å². The van der Waals surface area contributed by atoms with Crippen LogP contribution in [0, 0.1) is 5.92 Å². The minimum Gasteiger partial charge on any atom is -0.493 e. The van der Waals surface area contributed by atoms with Crippen molar-refractivity contribution in [2.75, 3.05) is 34.5 Å². The molecule has 1 N–H and O–H groups in total. The number of hydrogen-bond donors (Lipinski definition) is 1. The van der Waals surface area contributed by atoms with Crippen LogP contribution in [-0.2, 0) is 4.74 Å². The smallest absolute Gasteiger partial charge is 0.203 e. The third-order valence-electron chi connectivity index (χ3n) is 3.97. The van der Waals surface area contributed by atoms with Crippen LogP contribution in [0.5, 0.6) is 17.2 Å². The van der Waals surface area contributed by atoms with E-state index < -0.39 is 6.10 Å². The van der Waals surface area contributed by atoms with Crippen LogP contribution in [0.1, 0.15) is 30.9 Å². The molecule has 0 radical (unpaired) electrons. The summed E-state index contributed by atoms with van der Waals surface area (Å²) in [5, 5.41) is 10.5. The lowest BCUT2D eigenvalue weighted by molar-refractivity contribution is 0.0434. The van der Waals surface area contributed by atoms with E-state index in [1.54, 1.807) is 21.3 Å². The van der Waals surface area contributed by atoms with E-state index in [1.165, 1.54) is 0 Å². The van der Waals surface area contributed by atoms with Gasteiger partial charge in [0.1, 0.15) is 0 Å². The lowest BCUT2D eigenvalue weighted by Gasteiger charge is -2.25. The fourth-order valence-electron chi connectivity index (χ4n) is 2.73. The molecule has 0 saturated carbocycles. The summed E-state index contributed by atoms with van der Waals surface area (Å²) in [5.74, 6) is 2.17. The van der Waals surface area contributed by atoms with E-state index in [2.05, 4.69) is 0 Å². The fourth-order valence-corrected chi connectivity index (χ4v) is 2.73. The molecule has 1 saturated heterocycles. The van der Waals surface area contributed by atoms with Crippen LogP contribution in [0.25, 0.3) is 0 Å². The molecular weight excluding hydrogens is 272 g/mol. The summed E-state index contributed by atoms with van der Waals surface area (Å²) in [7, 11) is 4.72. The Balaban J connectivity index is 2.17. The highest BCUT2D eigenvalue weighted by molar-refractivity contribution is 5.54. The van der Waals surface area contributed by atoms with Gasteiger partial charge in [0.25, 0.3) is 0 Å². The van der Waals surface area contributed by atoms with Gasteiger partial charge in [-0.05, 0) is 42.9 Å². The quantitative estimate of drug-likeness (QED) is 0.874. The van der Waals surface area contributed by atoms with Gasteiger partial charge in [-0.1, -0.05) is 0 Å². The molecule has 118 valence electrons. The molecule has 5 nitrogen and oxygen atoms in total. The molecule has 1 aliphatic heterocycles. The standard InChI is InChI=1S/C16H24O5/c1-18-14-9-12(10-15(19-2)16(14)20-3)13(17)8-11-4-6-21-7-5-11/h9-11,13,17H,4-8H2,1-3H3. The van der Waals surface area contributed by atoms with Gasteiger partial charge in [-0.3, -0.25) is 0 Å². The molecule has 0 aromatic heterocycles. The van der Waals surface area contributed by atoms with Crippen LogP contribution in [0.2, 0.25) is 0 Å². The zero-order valence-corrected chi connectivity index (χ0v) is 12.9. The molecule has 0 amide bonds. The molecule has 1 aromatic carbocycles. The second-order valence-electron chi connectivity index (χ2n) is 5.27. The summed E-state index contributed by atoms with van der Waals surface area (Å²) >= 11 is 0. The molecule has 0 bridgehead atoms. The Bertz CT molecular complexity index is 429. The molecule has 5 heteroatoms. The second kappa shape index (κ2) is 7.52. The van der Waals surface area contributed by atoms with Crippen LogP contribution >= 0.6 is 0 Å². The molecule has 1 atom stereocenters. The first-order valence-corrected chi connectivity index (χ1v) is 7.25. The Morgan fingerprint density at radius 1 is 1.10 bits per heavy atom. The number of benzene rings is 1. The van der Waals surface area contributed by atoms with Crippen LogP contribution in [0.4, 0.5) is 0 Å². The number of rotatable bonds is 6. The summed E-state index contributed by atoms with van der Waals surface area (Å²) in [6, 6.07) is 3.62. The van der Waals surface area contributed by atoms with Crippen molar-refractivity contribution in [2.24, 2.45) is 5.92 Å². The predicted molar refractivity (Wildman–Crippen MR) is 79.2 cm³/mol. The molecule has 1 unspecified atom stereocenters. The molecule has 1 aromatic rings. The highest BCUT2D eigenvalue weighted by Crippen LogP contribution is 2.41. The van der Waals surface area contributed by atoms with Crippen LogP contribution in [0.15, 0.2) is 12.1 Å². The monoisotopic (exact) mass is 296 g/mol. The summed E-state index contributed by atoms with van der Waals surface area (Å²) in [6.07, 6.45) is 2.19. The molecule has 2 rings (SSSR count). The lowest BCUT2D eigenvalue weighted by atomic mass is 9.91. The van der Waals surface area contributed by atoms with Gasteiger partial charge in [0.05, 0.1) is 27.4 Å². The van der Waals surface area contributed by atoms with Crippen LogP contribution in [-0.4, -0.2) is 39.6 Å².